The second-order valence-corrected chi connectivity index (χ2v) is 9.78. The molecule has 0 aliphatic carbocycles. The number of carboxylic acid groups (broad SMARTS) is 2. The Bertz CT molecular complexity index is 1560. The van der Waals surface area contributed by atoms with E-state index in [0.717, 1.165) is 33.6 Å². The normalized spacial score (nSPS) is 9.87. The number of oxazole rings is 2. The standard InChI is InChI=1S/2C18H15NO3.Mn.2H2O/c2*20-16(21)12-11-15-19-17(13-7-3-1-4-8-13)18(22-15)14-9-5-2-6-10-14;;;/h2*1-10H,11-12H2,(H,20,21);;2*1H2/q;;+2;;/p-2. The fraction of sp³-hybridized carbons (Fsp3) is 0.111. The zero-order valence-electron chi connectivity index (χ0n) is 25.1. The Morgan fingerprint density at radius 1 is 0.489 bits per heavy atom. The van der Waals surface area contributed by atoms with Crippen LogP contribution in [-0.2, 0) is 39.5 Å². The van der Waals surface area contributed by atoms with Crippen molar-refractivity contribution in [1.29, 1.82) is 0 Å². The fourth-order valence-electron chi connectivity index (χ4n) is 4.51. The Balaban J connectivity index is 0.000000307. The first kappa shape index (κ1) is 37.9. The number of aryl methyl sites for hydroxylation is 2. The molecule has 6 rings (SSSR count). The number of nitrogens with zero attached hydrogens (tertiary/aromatic N) is 2. The van der Waals surface area contributed by atoms with E-state index in [9.17, 15) is 19.8 Å². The van der Waals surface area contributed by atoms with Crippen LogP contribution in [0.2, 0.25) is 0 Å². The van der Waals surface area contributed by atoms with Gasteiger partial charge in [-0.15, -0.1) is 0 Å². The van der Waals surface area contributed by atoms with E-state index in [1.165, 1.54) is 0 Å². The number of carbonyl (C=O) groups excluding carboxylic acids is 2. The molecular formula is C36H32MnN2O8. The third-order valence-electron chi connectivity index (χ3n) is 6.60. The zero-order valence-corrected chi connectivity index (χ0v) is 26.3. The first-order valence-corrected chi connectivity index (χ1v) is 14.1. The summed E-state index contributed by atoms with van der Waals surface area (Å²) in [6, 6.07) is 38.7. The molecule has 47 heavy (non-hydrogen) atoms. The molecule has 4 N–H and O–H groups in total. The molecule has 11 heteroatoms. The molecule has 0 spiro atoms. The van der Waals surface area contributed by atoms with Crippen molar-refractivity contribution in [2.45, 2.75) is 25.7 Å². The molecule has 10 nitrogen and oxygen atoms in total. The van der Waals surface area contributed by atoms with Gasteiger partial charge in [0.15, 0.2) is 23.3 Å². The maximum absolute atomic E-state index is 10.6. The Hall–Kier alpha value is -5.32. The molecule has 0 saturated carbocycles. The van der Waals surface area contributed by atoms with E-state index >= 15 is 0 Å². The van der Waals surface area contributed by atoms with E-state index in [4.69, 9.17) is 8.83 Å². The van der Waals surface area contributed by atoms with E-state index in [0.29, 0.717) is 23.3 Å². The quantitative estimate of drug-likeness (QED) is 0.196. The summed E-state index contributed by atoms with van der Waals surface area (Å²) in [5.74, 6) is -0.106. The van der Waals surface area contributed by atoms with E-state index in [2.05, 4.69) is 9.97 Å². The number of aliphatic carboxylic acids is 2. The van der Waals surface area contributed by atoms with Crippen molar-refractivity contribution in [1.82, 2.24) is 9.97 Å². The van der Waals surface area contributed by atoms with Crippen molar-refractivity contribution in [2.75, 3.05) is 0 Å². The number of rotatable bonds is 10. The van der Waals surface area contributed by atoms with E-state index in [1.54, 1.807) is 0 Å². The van der Waals surface area contributed by atoms with Crippen molar-refractivity contribution in [3.05, 3.63) is 133 Å². The summed E-state index contributed by atoms with van der Waals surface area (Å²) in [4.78, 5) is 30.2. The molecule has 0 amide bonds. The molecule has 4 aromatic carbocycles. The molecule has 0 bridgehead atoms. The summed E-state index contributed by atoms with van der Waals surface area (Å²) < 4.78 is 11.6. The third-order valence-corrected chi connectivity index (χ3v) is 6.60. The Labute approximate surface area is 281 Å². The third kappa shape index (κ3) is 10.4. The van der Waals surface area contributed by atoms with Gasteiger partial charge in [-0.2, -0.15) is 0 Å². The maximum atomic E-state index is 10.6. The summed E-state index contributed by atoms with van der Waals surface area (Å²) in [6.45, 7) is 0. The van der Waals surface area contributed by atoms with Crippen LogP contribution in [0.4, 0.5) is 0 Å². The van der Waals surface area contributed by atoms with Gasteiger partial charge in [0, 0.05) is 47.0 Å². The SMILES string of the molecule is O.O.O=C([O-])CCc1nc(-c2ccccc2)c(-c2ccccc2)o1.O=C([O-])CCc1nc(-c2ccccc2)c(-c2ccccc2)o1.[Mn+2]. The molecule has 2 heterocycles. The van der Waals surface area contributed by atoms with E-state index in [1.807, 2.05) is 121 Å². The van der Waals surface area contributed by atoms with Crippen LogP contribution in [0.15, 0.2) is 130 Å². The number of carbonyl (C=O) groups is 2. The van der Waals surface area contributed by atoms with Gasteiger partial charge >= 0.3 is 17.1 Å². The van der Waals surface area contributed by atoms with Gasteiger partial charge in [-0.3, -0.25) is 0 Å². The summed E-state index contributed by atoms with van der Waals surface area (Å²) in [5, 5.41) is 21.2. The number of benzene rings is 4. The van der Waals surface area contributed by atoms with Gasteiger partial charge in [-0.1, -0.05) is 121 Å². The molecule has 0 aliphatic rings. The number of hydrogen-bond acceptors (Lipinski definition) is 8. The molecule has 241 valence electrons. The molecular weight excluding hydrogens is 643 g/mol. The van der Waals surface area contributed by atoms with Gasteiger partial charge in [0.1, 0.15) is 11.4 Å². The van der Waals surface area contributed by atoms with Crippen LogP contribution in [0.1, 0.15) is 24.6 Å². The van der Waals surface area contributed by atoms with E-state index < -0.39 is 11.9 Å². The molecule has 2 aromatic heterocycles. The summed E-state index contributed by atoms with van der Waals surface area (Å²) >= 11 is 0. The van der Waals surface area contributed by atoms with Crippen LogP contribution in [0.5, 0.6) is 0 Å². The topological polar surface area (TPSA) is 195 Å². The van der Waals surface area contributed by atoms with Crippen molar-refractivity contribution < 1.29 is 56.7 Å². The first-order chi connectivity index (χ1) is 21.5. The monoisotopic (exact) mass is 675 g/mol. The number of hydrogen-bond donors (Lipinski definition) is 0. The van der Waals surface area contributed by atoms with Crippen molar-refractivity contribution >= 4 is 11.9 Å². The molecule has 6 aromatic rings. The minimum atomic E-state index is -1.11. The van der Waals surface area contributed by atoms with Gasteiger partial charge < -0.3 is 39.6 Å². The van der Waals surface area contributed by atoms with Gasteiger partial charge in [0.2, 0.25) is 0 Å². The van der Waals surface area contributed by atoms with Crippen LogP contribution in [0.25, 0.3) is 45.2 Å². The van der Waals surface area contributed by atoms with Crippen molar-refractivity contribution in [3.63, 3.8) is 0 Å². The van der Waals surface area contributed by atoms with Gasteiger partial charge in [-0.25, -0.2) is 9.97 Å². The van der Waals surface area contributed by atoms with Gasteiger partial charge in [0.05, 0.1) is 0 Å². The van der Waals surface area contributed by atoms with E-state index in [-0.39, 0.29) is 53.7 Å². The van der Waals surface area contributed by atoms with Crippen LogP contribution in [0.3, 0.4) is 0 Å². The molecule has 1 radical (unpaired) electrons. The molecule has 0 fully saturated rings. The molecule has 0 aliphatic heterocycles. The minimum Gasteiger partial charge on any atom is -0.550 e. The van der Waals surface area contributed by atoms with Crippen molar-refractivity contribution in [2.24, 2.45) is 0 Å². The Morgan fingerprint density at radius 3 is 1.04 bits per heavy atom. The second-order valence-electron chi connectivity index (χ2n) is 9.78. The van der Waals surface area contributed by atoms with Crippen LogP contribution >= 0.6 is 0 Å². The van der Waals surface area contributed by atoms with Crippen LogP contribution in [-0.4, -0.2) is 32.9 Å². The molecule has 0 atom stereocenters. The van der Waals surface area contributed by atoms with Crippen molar-refractivity contribution in [3.8, 4) is 45.2 Å². The average molecular weight is 676 g/mol. The second kappa shape index (κ2) is 18.6. The molecule has 0 unspecified atom stereocenters. The molecule has 0 saturated heterocycles. The van der Waals surface area contributed by atoms with Gasteiger partial charge in [-0.05, 0) is 12.8 Å². The average Bonchev–Trinajstić information content (AvgIpc) is 3.70. The summed E-state index contributed by atoms with van der Waals surface area (Å²) in [7, 11) is 0. The number of aromatic nitrogens is 2. The predicted molar refractivity (Wildman–Crippen MR) is 169 cm³/mol. The zero-order chi connectivity index (χ0) is 30.7. The Kier molecular flexibility index (Phi) is 15.0. The largest absolute Gasteiger partial charge is 2.00 e. The first-order valence-electron chi connectivity index (χ1n) is 14.1. The smallest absolute Gasteiger partial charge is 0.550 e. The number of carboxylic acids is 2. The Morgan fingerprint density at radius 2 is 0.766 bits per heavy atom. The summed E-state index contributed by atoms with van der Waals surface area (Å²) in [5.41, 5.74) is 5.14. The summed E-state index contributed by atoms with van der Waals surface area (Å²) in [6.07, 6.45) is 0.218. The van der Waals surface area contributed by atoms with Crippen LogP contribution in [0, 0.1) is 0 Å². The van der Waals surface area contributed by atoms with Gasteiger partial charge in [0.25, 0.3) is 0 Å². The maximum Gasteiger partial charge on any atom is 2.00 e. The van der Waals surface area contributed by atoms with Crippen LogP contribution < -0.4 is 10.2 Å². The predicted octanol–water partition coefficient (Wildman–Crippen LogP) is 3.73. The fourth-order valence-corrected chi connectivity index (χ4v) is 4.51. The minimum absolute atomic E-state index is 0.